The predicted molar refractivity (Wildman–Crippen MR) is 68.7 cm³/mol. The van der Waals surface area contributed by atoms with E-state index >= 15 is 0 Å². The van der Waals surface area contributed by atoms with Gasteiger partial charge in [0.05, 0.1) is 0 Å². The smallest absolute Gasteiger partial charge is 0.0474 e. The maximum absolute atomic E-state index is 5.76. The SMILES string of the molecule is CC(C)C(C)N(C)c1ccc(CCl)cc1. The van der Waals surface area contributed by atoms with E-state index in [1.54, 1.807) is 0 Å². The number of rotatable bonds is 4. The zero-order chi connectivity index (χ0) is 11.4. The van der Waals surface area contributed by atoms with Crippen molar-refractivity contribution in [3.8, 4) is 0 Å². The molecule has 15 heavy (non-hydrogen) atoms. The van der Waals surface area contributed by atoms with E-state index in [1.807, 2.05) is 0 Å². The average molecular weight is 226 g/mol. The standard InChI is InChI=1S/C13H20ClN/c1-10(2)11(3)15(4)13-7-5-12(9-14)6-8-13/h5-8,10-11H,9H2,1-4H3. The molecule has 1 aromatic rings. The van der Waals surface area contributed by atoms with Crippen LogP contribution in [0.2, 0.25) is 0 Å². The van der Waals surface area contributed by atoms with E-state index in [0.717, 1.165) is 0 Å². The van der Waals surface area contributed by atoms with E-state index in [9.17, 15) is 0 Å². The Kier molecular flexibility index (Phi) is 4.46. The summed E-state index contributed by atoms with van der Waals surface area (Å²) in [5.74, 6) is 1.24. The Morgan fingerprint density at radius 2 is 1.67 bits per heavy atom. The third-order valence-corrected chi connectivity index (χ3v) is 3.38. The second kappa shape index (κ2) is 5.41. The van der Waals surface area contributed by atoms with Crippen molar-refractivity contribution in [1.82, 2.24) is 0 Å². The summed E-state index contributed by atoms with van der Waals surface area (Å²) in [6.45, 7) is 6.74. The number of benzene rings is 1. The van der Waals surface area contributed by atoms with Gasteiger partial charge in [-0.05, 0) is 30.5 Å². The fourth-order valence-electron chi connectivity index (χ4n) is 1.50. The first-order valence-corrected chi connectivity index (χ1v) is 5.97. The van der Waals surface area contributed by atoms with Crippen LogP contribution in [0.15, 0.2) is 24.3 Å². The molecule has 1 atom stereocenters. The molecule has 0 amide bonds. The lowest BCUT2D eigenvalue weighted by Crippen LogP contribution is -2.33. The maximum Gasteiger partial charge on any atom is 0.0474 e. The summed E-state index contributed by atoms with van der Waals surface area (Å²) in [7, 11) is 2.14. The van der Waals surface area contributed by atoms with E-state index in [2.05, 4.69) is 57.0 Å². The molecule has 1 rings (SSSR count). The average Bonchev–Trinajstić information content (AvgIpc) is 2.27. The molecule has 0 heterocycles. The third kappa shape index (κ3) is 3.13. The van der Waals surface area contributed by atoms with Gasteiger partial charge in [-0.2, -0.15) is 0 Å². The molecule has 0 aliphatic heterocycles. The van der Waals surface area contributed by atoms with Gasteiger partial charge >= 0.3 is 0 Å². The molecule has 0 saturated carbocycles. The molecule has 0 N–H and O–H groups in total. The molecule has 1 nitrogen and oxygen atoms in total. The van der Waals surface area contributed by atoms with Crippen LogP contribution in [0.4, 0.5) is 5.69 Å². The van der Waals surface area contributed by atoms with Gasteiger partial charge in [0.2, 0.25) is 0 Å². The van der Waals surface area contributed by atoms with Crippen molar-refractivity contribution >= 4 is 17.3 Å². The van der Waals surface area contributed by atoms with Crippen LogP contribution in [0.25, 0.3) is 0 Å². The molecule has 0 fully saturated rings. The van der Waals surface area contributed by atoms with Crippen molar-refractivity contribution in [2.75, 3.05) is 11.9 Å². The van der Waals surface area contributed by atoms with Gasteiger partial charge in [-0.25, -0.2) is 0 Å². The fraction of sp³-hybridized carbons (Fsp3) is 0.538. The van der Waals surface area contributed by atoms with Crippen LogP contribution in [-0.4, -0.2) is 13.1 Å². The van der Waals surface area contributed by atoms with Crippen LogP contribution in [-0.2, 0) is 5.88 Å². The molecular formula is C13H20ClN. The third-order valence-electron chi connectivity index (χ3n) is 3.07. The van der Waals surface area contributed by atoms with Crippen LogP contribution >= 0.6 is 11.6 Å². The molecule has 84 valence electrons. The summed E-state index contributed by atoms with van der Waals surface area (Å²) in [6, 6.07) is 9.00. The summed E-state index contributed by atoms with van der Waals surface area (Å²) in [4.78, 5) is 2.31. The summed E-state index contributed by atoms with van der Waals surface area (Å²) in [5, 5.41) is 0. The van der Waals surface area contributed by atoms with Gasteiger partial charge in [0.25, 0.3) is 0 Å². The summed E-state index contributed by atoms with van der Waals surface area (Å²) < 4.78 is 0. The van der Waals surface area contributed by atoms with Gasteiger partial charge in [-0.1, -0.05) is 26.0 Å². The Balaban J connectivity index is 2.78. The van der Waals surface area contributed by atoms with Crippen LogP contribution in [0.3, 0.4) is 0 Å². The summed E-state index contributed by atoms with van der Waals surface area (Å²) in [5.41, 5.74) is 2.43. The molecule has 1 unspecified atom stereocenters. The number of halogens is 1. The highest BCUT2D eigenvalue weighted by Gasteiger charge is 2.13. The van der Waals surface area contributed by atoms with Crippen molar-refractivity contribution in [2.24, 2.45) is 5.92 Å². The van der Waals surface area contributed by atoms with Gasteiger partial charge in [0.15, 0.2) is 0 Å². The van der Waals surface area contributed by atoms with E-state index in [4.69, 9.17) is 11.6 Å². The van der Waals surface area contributed by atoms with Crippen LogP contribution < -0.4 is 4.90 Å². The molecule has 2 heteroatoms. The Morgan fingerprint density at radius 1 is 1.13 bits per heavy atom. The molecule has 0 bridgehead atoms. The van der Waals surface area contributed by atoms with Gasteiger partial charge in [0, 0.05) is 24.7 Å². The fourth-order valence-corrected chi connectivity index (χ4v) is 1.68. The monoisotopic (exact) mass is 225 g/mol. The van der Waals surface area contributed by atoms with Gasteiger partial charge in [-0.15, -0.1) is 11.6 Å². The second-order valence-corrected chi connectivity index (χ2v) is 4.66. The highest BCUT2D eigenvalue weighted by atomic mass is 35.5. The van der Waals surface area contributed by atoms with Crippen molar-refractivity contribution < 1.29 is 0 Å². The molecule has 0 saturated heterocycles. The summed E-state index contributed by atoms with van der Waals surface area (Å²) >= 11 is 5.76. The lowest BCUT2D eigenvalue weighted by molar-refractivity contribution is 0.505. The zero-order valence-corrected chi connectivity index (χ0v) is 10.8. The Labute approximate surface area is 98.0 Å². The molecule has 0 spiro atoms. The number of alkyl halides is 1. The second-order valence-electron chi connectivity index (χ2n) is 4.40. The van der Waals surface area contributed by atoms with E-state index < -0.39 is 0 Å². The molecule has 1 aromatic carbocycles. The zero-order valence-electron chi connectivity index (χ0n) is 10.00. The van der Waals surface area contributed by atoms with Crippen molar-refractivity contribution in [3.05, 3.63) is 29.8 Å². The molecule has 0 aliphatic carbocycles. The maximum atomic E-state index is 5.76. The number of hydrogen-bond acceptors (Lipinski definition) is 1. The molecular weight excluding hydrogens is 206 g/mol. The minimum absolute atomic E-state index is 0.548. The predicted octanol–water partition coefficient (Wildman–Crippen LogP) is 3.91. The quantitative estimate of drug-likeness (QED) is 0.703. The van der Waals surface area contributed by atoms with Crippen molar-refractivity contribution in [1.29, 1.82) is 0 Å². The van der Waals surface area contributed by atoms with Gasteiger partial charge in [-0.3, -0.25) is 0 Å². The first-order chi connectivity index (χ1) is 7.06. The molecule has 0 aromatic heterocycles. The Hall–Kier alpha value is -0.690. The molecule has 0 radical (unpaired) electrons. The number of anilines is 1. The van der Waals surface area contributed by atoms with Gasteiger partial charge in [0.1, 0.15) is 0 Å². The van der Waals surface area contributed by atoms with Crippen molar-refractivity contribution in [2.45, 2.75) is 32.7 Å². The Morgan fingerprint density at radius 3 is 2.07 bits per heavy atom. The topological polar surface area (TPSA) is 3.24 Å². The Bertz CT molecular complexity index is 292. The first-order valence-electron chi connectivity index (χ1n) is 5.44. The van der Waals surface area contributed by atoms with Crippen LogP contribution in [0.1, 0.15) is 26.3 Å². The van der Waals surface area contributed by atoms with Gasteiger partial charge < -0.3 is 4.90 Å². The highest BCUT2D eigenvalue weighted by Crippen LogP contribution is 2.20. The van der Waals surface area contributed by atoms with Crippen LogP contribution in [0, 0.1) is 5.92 Å². The minimum Gasteiger partial charge on any atom is -0.372 e. The van der Waals surface area contributed by atoms with E-state index in [1.165, 1.54) is 11.3 Å². The molecule has 0 aliphatic rings. The van der Waals surface area contributed by atoms with Crippen molar-refractivity contribution in [3.63, 3.8) is 0 Å². The van der Waals surface area contributed by atoms with E-state index in [0.29, 0.717) is 17.8 Å². The number of nitrogens with zero attached hydrogens (tertiary/aromatic N) is 1. The summed E-state index contributed by atoms with van der Waals surface area (Å²) in [6.07, 6.45) is 0. The normalized spacial score (nSPS) is 12.9. The van der Waals surface area contributed by atoms with Crippen LogP contribution in [0.5, 0.6) is 0 Å². The lowest BCUT2D eigenvalue weighted by Gasteiger charge is -2.30. The number of hydrogen-bond donors (Lipinski definition) is 0. The highest BCUT2D eigenvalue weighted by molar-refractivity contribution is 6.17. The van der Waals surface area contributed by atoms with E-state index in [-0.39, 0.29) is 0 Å². The largest absolute Gasteiger partial charge is 0.372 e. The minimum atomic E-state index is 0.548. The first kappa shape index (κ1) is 12.4. The lowest BCUT2D eigenvalue weighted by atomic mass is 10.0.